The summed E-state index contributed by atoms with van der Waals surface area (Å²) in [4.78, 5) is 0. The first-order valence-corrected chi connectivity index (χ1v) is 4.68. The third kappa shape index (κ3) is 2.62. The van der Waals surface area contributed by atoms with Crippen molar-refractivity contribution in [3.8, 4) is 0 Å². The second-order valence-electron chi connectivity index (χ2n) is 2.53. The zero-order chi connectivity index (χ0) is 10.0. The molecular weight excluding hydrogens is 263 g/mol. The van der Waals surface area contributed by atoms with Gasteiger partial charge in [-0.3, -0.25) is 0 Å². The van der Waals surface area contributed by atoms with Crippen molar-refractivity contribution in [3.05, 3.63) is 33.3 Å². The first-order valence-electron chi connectivity index (χ1n) is 3.51. The summed E-state index contributed by atoms with van der Waals surface area (Å²) < 4.78 is 25.1. The van der Waals surface area contributed by atoms with Gasteiger partial charge in [-0.1, -0.05) is 27.5 Å². The lowest BCUT2D eigenvalue weighted by Gasteiger charge is -2.12. The Hall–Kier alpha value is -0.190. The van der Waals surface area contributed by atoms with E-state index in [2.05, 4.69) is 15.9 Å². The van der Waals surface area contributed by atoms with Gasteiger partial charge in [0.1, 0.15) is 0 Å². The second-order valence-corrected chi connectivity index (χ2v) is 3.85. The maximum Gasteiger partial charge on any atom is 0.257 e. The molecule has 0 amide bonds. The largest absolute Gasteiger partial charge is 0.319 e. The molecule has 72 valence electrons. The van der Waals surface area contributed by atoms with E-state index in [1.807, 2.05) is 0 Å². The molecule has 0 saturated carbocycles. The van der Waals surface area contributed by atoms with Crippen molar-refractivity contribution < 1.29 is 8.78 Å². The van der Waals surface area contributed by atoms with Crippen LogP contribution in [0.1, 0.15) is 11.6 Å². The highest BCUT2D eigenvalue weighted by molar-refractivity contribution is 9.10. The van der Waals surface area contributed by atoms with E-state index in [1.54, 1.807) is 6.07 Å². The van der Waals surface area contributed by atoms with E-state index in [9.17, 15) is 8.78 Å². The van der Waals surface area contributed by atoms with Crippen LogP contribution in [-0.4, -0.2) is 6.43 Å². The van der Waals surface area contributed by atoms with Crippen molar-refractivity contribution in [2.75, 3.05) is 0 Å². The number of benzene rings is 1. The standard InChI is InChI=1S/C8H7BrClF2N/c9-4-1-2-6(10)5(3-4)7(13)8(11)12/h1-3,7-8H,13H2/t7-/m1/s1. The molecule has 0 unspecified atom stereocenters. The fourth-order valence-corrected chi connectivity index (χ4v) is 1.53. The predicted molar refractivity (Wildman–Crippen MR) is 52.1 cm³/mol. The highest BCUT2D eigenvalue weighted by Gasteiger charge is 2.19. The van der Waals surface area contributed by atoms with E-state index in [0.717, 1.165) is 0 Å². The fraction of sp³-hybridized carbons (Fsp3) is 0.250. The topological polar surface area (TPSA) is 26.0 Å². The summed E-state index contributed by atoms with van der Waals surface area (Å²) in [6.45, 7) is 0. The van der Waals surface area contributed by atoms with Gasteiger partial charge < -0.3 is 5.73 Å². The van der Waals surface area contributed by atoms with Gasteiger partial charge in [-0.15, -0.1) is 0 Å². The van der Waals surface area contributed by atoms with Gasteiger partial charge in [-0.2, -0.15) is 0 Å². The molecule has 0 aliphatic carbocycles. The highest BCUT2D eigenvalue weighted by atomic mass is 79.9. The van der Waals surface area contributed by atoms with Crippen LogP contribution < -0.4 is 5.73 Å². The molecule has 0 fully saturated rings. The van der Waals surface area contributed by atoms with Gasteiger partial charge >= 0.3 is 0 Å². The zero-order valence-corrected chi connectivity index (χ0v) is 8.82. The number of hydrogen-bond acceptors (Lipinski definition) is 1. The van der Waals surface area contributed by atoms with E-state index in [1.165, 1.54) is 12.1 Å². The van der Waals surface area contributed by atoms with Crippen LogP contribution in [0, 0.1) is 0 Å². The Bertz CT molecular complexity index is 306. The lowest BCUT2D eigenvalue weighted by molar-refractivity contribution is 0.116. The summed E-state index contributed by atoms with van der Waals surface area (Å²) in [5.41, 5.74) is 5.51. The van der Waals surface area contributed by atoms with Crippen LogP contribution in [0.25, 0.3) is 0 Å². The Labute approximate surface area is 88.0 Å². The lowest BCUT2D eigenvalue weighted by atomic mass is 10.1. The summed E-state index contributed by atoms with van der Waals surface area (Å²) in [6, 6.07) is 3.37. The van der Waals surface area contributed by atoms with E-state index in [4.69, 9.17) is 17.3 Å². The van der Waals surface area contributed by atoms with Gasteiger partial charge in [0.25, 0.3) is 6.43 Å². The molecule has 1 rings (SSSR count). The molecule has 1 nitrogen and oxygen atoms in total. The number of nitrogens with two attached hydrogens (primary N) is 1. The van der Waals surface area contributed by atoms with Crippen molar-refractivity contribution in [1.29, 1.82) is 0 Å². The van der Waals surface area contributed by atoms with Crippen LogP contribution in [0.2, 0.25) is 5.02 Å². The minimum Gasteiger partial charge on any atom is -0.319 e. The Morgan fingerprint density at radius 3 is 2.54 bits per heavy atom. The molecule has 0 spiro atoms. The Balaban J connectivity index is 3.05. The molecule has 0 radical (unpaired) electrons. The Morgan fingerprint density at radius 2 is 2.00 bits per heavy atom. The summed E-state index contributed by atoms with van der Waals surface area (Å²) in [6.07, 6.45) is -2.60. The smallest absolute Gasteiger partial charge is 0.257 e. The number of hydrogen-bond donors (Lipinski definition) is 1. The molecule has 0 bridgehead atoms. The van der Waals surface area contributed by atoms with Gasteiger partial charge in [-0.05, 0) is 23.8 Å². The first kappa shape index (κ1) is 10.9. The molecule has 0 aliphatic heterocycles. The van der Waals surface area contributed by atoms with Gasteiger partial charge in [0.05, 0.1) is 6.04 Å². The molecule has 2 N–H and O–H groups in total. The third-order valence-corrected chi connectivity index (χ3v) is 2.43. The van der Waals surface area contributed by atoms with Crippen molar-refractivity contribution >= 4 is 27.5 Å². The van der Waals surface area contributed by atoms with Crippen LogP contribution in [0.15, 0.2) is 22.7 Å². The molecule has 0 heterocycles. The Morgan fingerprint density at radius 1 is 1.38 bits per heavy atom. The number of alkyl halides is 2. The Kier molecular flexibility index (Phi) is 3.64. The molecule has 1 aromatic carbocycles. The summed E-state index contributed by atoms with van der Waals surface area (Å²) in [7, 11) is 0. The van der Waals surface area contributed by atoms with E-state index in [-0.39, 0.29) is 10.6 Å². The van der Waals surface area contributed by atoms with Crippen LogP contribution in [-0.2, 0) is 0 Å². The average molecular weight is 271 g/mol. The van der Waals surface area contributed by atoms with Gasteiger partial charge in [0.15, 0.2) is 0 Å². The second kappa shape index (κ2) is 4.35. The van der Waals surface area contributed by atoms with Crippen molar-refractivity contribution in [1.82, 2.24) is 0 Å². The summed E-state index contributed by atoms with van der Waals surface area (Å²) >= 11 is 8.86. The maximum absolute atomic E-state index is 12.2. The molecule has 0 aromatic heterocycles. The third-order valence-electron chi connectivity index (χ3n) is 1.59. The average Bonchev–Trinajstić information content (AvgIpc) is 2.08. The van der Waals surface area contributed by atoms with Crippen LogP contribution in [0.5, 0.6) is 0 Å². The fourth-order valence-electron chi connectivity index (χ4n) is 0.906. The molecule has 5 heteroatoms. The van der Waals surface area contributed by atoms with Crippen LogP contribution in [0.3, 0.4) is 0 Å². The molecule has 1 atom stereocenters. The van der Waals surface area contributed by atoms with Crippen LogP contribution >= 0.6 is 27.5 Å². The SMILES string of the molecule is N[C@H](c1cc(Br)ccc1Cl)C(F)F. The van der Waals surface area contributed by atoms with E-state index in [0.29, 0.717) is 4.47 Å². The van der Waals surface area contributed by atoms with E-state index >= 15 is 0 Å². The molecular formula is C8H7BrClF2N. The summed E-state index contributed by atoms with van der Waals surface area (Å²) in [5, 5.41) is 0.260. The van der Waals surface area contributed by atoms with Gasteiger partial charge in [0.2, 0.25) is 0 Å². The van der Waals surface area contributed by atoms with Crippen molar-refractivity contribution in [3.63, 3.8) is 0 Å². The van der Waals surface area contributed by atoms with Crippen LogP contribution in [0.4, 0.5) is 8.78 Å². The quantitative estimate of drug-likeness (QED) is 0.876. The lowest BCUT2D eigenvalue weighted by Crippen LogP contribution is -2.19. The number of rotatable bonds is 2. The maximum atomic E-state index is 12.2. The molecule has 13 heavy (non-hydrogen) atoms. The summed E-state index contributed by atoms with van der Waals surface area (Å²) in [5.74, 6) is 0. The molecule has 0 aliphatic rings. The molecule has 0 saturated heterocycles. The highest BCUT2D eigenvalue weighted by Crippen LogP contribution is 2.28. The predicted octanol–water partition coefficient (Wildman–Crippen LogP) is 3.37. The first-order chi connectivity index (χ1) is 6.02. The van der Waals surface area contributed by atoms with Crippen molar-refractivity contribution in [2.24, 2.45) is 5.73 Å². The minimum atomic E-state index is -2.60. The van der Waals surface area contributed by atoms with E-state index < -0.39 is 12.5 Å². The number of halogens is 4. The zero-order valence-electron chi connectivity index (χ0n) is 6.48. The minimum absolute atomic E-state index is 0.256. The monoisotopic (exact) mass is 269 g/mol. The molecule has 1 aromatic rings. The van der Waals surface area contributed by atoms with Gasteiger partial charge in [0, 0.05) is 9.50 Å². The van der Waals surface area contributed by atoms with Gasteiger partial charge in [-0.25, -0.2) is 8.78 Å². The van der Waals surface area contributed by atoms with Crippen molar-refractivity contribution in [2.45, 2.75) is 12.5 Å². The normalized spacial score (nSPS) is 13.4.